The van der Waals surface area contributed by atoms with Gasteiger partial charge >= 0.3 is 0 Å². The highest BCUT2D eigenvalue weighted by molar-refractivity contribution is 5.64. The van der Waals surface area contributed by atoms with Crippen molar-refractivity contribution in [3.05, 3.63) is 18.6 Å². The van der Waals surface area contributed by atoms with Crippen molar-refractivity contribution < 1.29 is 0 Å². The summed E-state index contributed by atoms with van der Waals surface area (Å²) in [7, 11) is 0. The number of nitrogens with zero attached hydrogens (tertiary/aromatic N) is 4. The molecule has 0 radical (unpaired) electrons. The molecule has 0 aliphatic carbocycles. The molecule has 0 atom stereocenters. The molecule has 0 aromatic carbocycles. The van der Waals surface area contributed by atoms with Gasteiger partial charge < -0.3 is 9.83 Å². The van der Waals surface area contributed by atoms with Crippen LogP contribution in [0.2, 0.25) is 0 Å². The van der Waals surface area contributed by atoms with Gasteiger partial charge in [0.25, 0.3) is 0 Å². The van der Waals surface area contributed by atoms with Crippen molar-refractivity contribution in [3.63, 3.8) is 0 Å². The van der Waals surface area contributed by atoms with Gasteiger partial charge in [0.2, 0.25) is 0 Å². The van der Waals surface area contributed by atoms with E-state index in [0.29, 0.717) is 5.82 Å². The van der Waals surface area contributed by atoms with Crippen LogP contribution < -0.4 is 16.7 Å². The summed E-state index contributed by atoms with van der Waals surface area (Å²) in [5.41, 5.74) is 6.70. The fourth-order valence-corrected chi connectivity index (χ4v) is 2.23. The highest BCUT2D eigenvalue weighted by atomic mass is 15.5. The van der Waals surface area contributed by atoms with Crippen molar-refractivity contribution in [2.24, 2.45) is 5.84 Å². The smallest absolute Gasteiger partial charge is 0.186 e. The van der Waals surface area contributed by atoms with Crippen molar-refractivity contribution in [1.82, 2.24) is 19.4 Å². The first-order valence-corrected chi connectivity index (χ1v) is 6.19. The Kier molecular flexibility index (Phi) is 2.99. The van der Waals surface area contributed by atoms with E-state index in [4.69, 9.17) is 5.84 Å². The zero-order valence-electron chi connectivity index (χ0n) is 10.1. The topological polar surface area (TPSA) is 83.5 Å². The van der Waals surface area contributed by atoms with Crippen molar-refractivity contribution in [2.75, 3.05) is 23.9 Å². The van der Waals surface area contributed by atoms with E-state index in [0.717, 1.165) is 24.6 Å². The van der Waals surface area contributed by atoms with Crippen LogP contribution in [0.4, 0.5) is 11.6 Å². The summed E-state index contributed by atoms with van der Waals surface area (Å²) in [5.74, 6) is 6.77. The van der Waals surface area contributed by atoms with Crippen molar-refractivity contribution in [1.29, 1.82) is 0 Å². The Morgan fingerprint density at radius 3 is 2.83 bits per heavy atom. The molecule has 18 heavy (non-hydrogen) atoms. The number of nitrogens with one attached hydrogen (secondary N) is 2. The number of aromatic nitrogens is 3. The largest absolute Gasteiger partial charge is 0.307 e. The minimum atomic E-state index is 0.611. The third-order valence-electron chi connectivity index (χ3n) is 3.14. The first-order valence-electron chi connectivity index (χ1n) is 6.19. The van der Waals surface area contributed by atoms with E-state index in [1.54, 1.807) is 6.20 Å². The molecule has 1 aliphatic rings. The SMILES string of the molecule is NNc1cn2ccnc2c(NN2CCCCC2)n1. The van der Waals surface area contributed by atoms with Crippen LogP contribution in [0.5, 0.6) is 0 Å². The molecule has 3 rings (SSSR count). The zero-order chi connectivity index (χ0) is 12.4. The number of hydrogen-bond donors (Lipinski definition) is 3. The van der Waals surface area contributed by atoms with Crippen molar-refractivity contribution in [2.45, 2.75) is 19.3 Å². The van der Waals surface area contributed by atoms with Gasteiger partial charge in [0.15, 0.2) is 17.3 Å². The minimum absolute atomic E-state index is 0.611. The number of imidazole rings is 1. The maximum Gasteiger partial charge on any atom is 0.186 e. The molecule has 0 saturated carbocycles. The molecule has 1 saturated heterocycles. The number of piperidine rings is 1. The lowest BCUT2D eigenvalue weighted by atomic mass is 10.2. The third-order valence-corrected chi connectivity index (χ3v) is 3.14. The van der Waals surface area contributed by atoms with E-state index >= 15 is 0 Å². The lowest BCUT2D eigenvalue weighted by molar-refractivity contribution is 0.272. The van der Waals surface area contributed by atoms with Gasteiger partial charge in [-0.2, -0.15) is 0 Å². The Morgan fingerprint density at radius 2 is 2.06 bits per heavy atom. The van der Waals surface area contributed by atoms with Gasteiger partial charge in [0, 0.05) is 25.5 Å². The Balaban J connectivity index is 1.91. The standard InChI is InChI=1S/C11H17N7/c12-15-9-8-17-7-4-13-11(17)10(14-9)16-18-5-2-1-3-6-18/h4,7-8,15H,1-3,5-6,12H2,(H,14,16). The lowest BCUT2D eigenvalue weighted by Gasteiger charge is -2.27. The number of nitrogens with two attached hydrogens (primary N) is 1. The van der Waals surface area contributed by atoms with Crippen LogP contribution in [-0.2, 0) is 0 Å². The summed E-state index contributed by atoms with van der Waals surface area (Å²) in [6, 6.07) is 0. The molecule has 7 heteroatoms. The molecular formula is C11H17N7. The second kappa shape index (κ2) is 4.79. The highest BCUT2D eigenvalue weighted by Crippen LogP contribution is 2.18. The van der Waals surface area contributed by atoms with Gasteiger partial charge in [0.05, 0.1) is 6.20 Å². The minimum Gasteiger partial charge on any atom is -0.307 e. The monoisotopic (exact) mass is 247 g/mol. The molecule has 0 amide bonds. The first kappa shape index (κ1) is 11.2. The van der Waals surface area contributed by atoms with Gasteiger partial charge in [-0.3, -0.25) is 5.43 Å². The fraction of sp³-hybridized carbons (Fsp3) is 0.455. The molecule has 0 spiro atoms. The molecule has 96 valence electrons. The van der Waals surface area contributed by atoms with Crippen molar-refractivity contribution in [3.8, 4) is 0 Å². The predicted molar refractivity (Wildman–Crippen MR) is 69.8 cm³/mol. The third kappa shape index (κ3) is 2.09. The number of hydrogen-bond acceptors (Lipinski definition) is 6. The maximum atomic E-state index is 5.42. The Morgan fingerprint density at radius 1 is 1.22 bits per heavy atom. The quantitative estimate of drug-likeness (QED) is 0.550. The van der Waals surface area contributed by atoms with Crippen LogP contribution >= 0.6 is 0 Å². The van der Waals surface area contributed by atoms with Gasteiger partial charge in [-0.05, 0) is 12.8 Å². The molecule has 0 unspecified atom stereocenters. The van der Waals surface area contributed by atoms with E-state index < -0.39 is 0 Å². The second-order valence-corrected chi connectivity index (χ2v) is 4.44. The maximum absolute atomic E-state index is 5.42. The molecule has 1 fully saturated rings. The fourth-order valence-electron chi connectivity index (χ4n) is 2.23. The van der Waals surface area contributed by atoms with Crippen LogP contribution in [0.1, 0.15) is 19.3 Å². The highest BCUT2D eigenvalue weighted by Gasteiger charge is 2.13. The Hall–Kier alpha value is -1.86. The second-order valence-electron chi connectivity index (χ2n) is 4.44. The summed E-state index contributed by atoms with van der Waals surface area (Å²) in [6.07, 6.45) is 9.16. The molecule has 0 bridgehead atoms. The predicted octanol–water partition coefficient (Wildman–Crippen LogP) is 0.828. The van der Waals surface area contributed by atoms with E-state index in [-0.39, 0.29) is 0 Å². The summed E-state index contributed by atoms with van der Waals surface area (Å²) in [5, 5.41) is 2.18. The van der Waals surface area contributed by atoms with Gasteiger partial charge in [-0.1, -0.05) is 6.42 Å². The van der Waals surface area contributed by atoms with Gasteiger partial charge in [-0.25, -0.2) is 20.8 Å². The number of fused-ring (bicyclic) bond motifs is 1. The zero-order valence-corrected chi connectivity index (χ0v) is 10.1. The first-order chi connectivity index (χ1) is 8.86. The van der Waals surface area contributed by atoms with Gasteiger partial charge in [0.1, 0.15) is 0 Å². The van der Waals surface area contributed by atoms with Crippen molar-refractivity contribution >= 4 is 17.3 Å². The number of nitrogen functional groups attached to an aromatic ring is 1. The number of hydrazine groups is 2. The molecule has 2 aromatic rings. The Labute approximate surface area is 105 Å². The Bertz CT molecular complexity index is 529. The van der Waals surface area contributed by atoms with Crippen LogP contribution in [-0.4, -0.2) is 32.5 Å². The van der Waals surface area contributed by atoms with Crippen LogP contribution in [0.15, 0.2) is 18.6 Å². The summed E-state index contributed by atoms with van der Waals surface area (Å²) in [4.78, 5) is 8.72. The van der Waals surface area contributed by atoms with E-state index in [1.165, 1.54) is 19.3 Å². The average Bonchev–Trinajstić information content (AvgIpc) is 2.88. The van der Waals surface area contributed by atoms with E-state index in [9.17, 15) is 0 Å². The van der Waals surface area contributed by atoms with Crippen LogP contribution in [0, 0.1) is 0 Å². The van der Waals surface area contributed by atoms with Crippen LogP contribution in [0.25, 0.3) is 5.65 Å². The number of anilines is 2. The van der Waals surface area contributed by atoms with E-state index in [1.807, 2.05) is 16.8 Å². The summed E-state index contributed by atoms with van der Waals surface area (Å²) >= 11 is 0. The molecule has 1 aliphatic heterocycles. The molecular weight excluding hydrogens is 230 g/mol. The van der Waals surface area contributed by atoms with Gasteiger partial charge in [-0.15, -0.1) is 0 Å². The summed E-state index contributed by atoms with van der Waals surface area (Å²) in [6.45, 7) is 2.07. The molecule has 3 heterocycles. The van der Waals surface area contributed by atoms with Crippen LogP contribution in [0.3, 0.4) is 0 Å². The number of rotatable bonds is 3. The summed E-state index contributed by atoms with van der Waals surface area (Å²) < 4.78 is 1.90. The lowest BCUT2D eigenvalue weighted by Crippen LogP contribution is -2.35. The molecule has 4 N–H and O–H groups in total. The molecule has 2 aromatic heterocycles. The normalized spacial score (nSPS) is 16.9. The van der Waals surface area contributed by atoms with E-state index in [2.05, 4.69) is 25.8 Å². The molecule has 7 nitrogen and oxygen atoms in total. The average molecular weight is 247 g/mol.